The van der Waals surface area contributed by atoms with Gasteiger partial charge in [-0.05, 0) is 37.1 Å². The number of aliphatic hydroxyl groups excluding tert-OH is 1. The van der Waals surface area contributed by atoms with Crippen molar-refractivity contribution in [2.24, 2.45) is 0 Å². The van der Waals surface area contributed by atoms with E-state index in [-0.39, 0.29) is 18.0 Å². The van der Waals surface area contributed by atoms with Crippen LogP contribution in [0.1, 0.15) is 12.0 Å². The van der Waals surface area contributed by atoms with E-state index in [9.17, 15) is 17.9 Å². The molecule has 1 saturated heterocycles. The average Bonchev–Trinajstić information content (AvgIpc) is 2.64. The summed E-state index contributed by atoms with van der Waals surface area (Å²) >= 11 is 0. The van der Waals surface area contributed by atoms with Crippen molar-refractivity contribution in [2.45, 2.75) is 24.3 Å². The Labute approximate surface area is 99.7 Å². The Morgan fingerprint density at radius 3 is 2.65 bits per heavy atom. The Morgan fingerprint density at radius 2 is 2.12 bits per heavy atom. The molecule has 0 aromatic heterocycles. The molecule has 0 amide bonds. The second kappa shape index (κ2) is 4.36. The van der Waals surface area contributed by atoms with Crippen molar-refractivity contribution in [1.29, 1.82) is 0 Å². The van der Waals surface area contributed by atoms with Crippen LogP contribution in [0.3, 0.4) is 0 Å². The highest BCUT2D eigenvalue weighted by atomic mass is 32.2. The molecule has 4 nitrogen and oxygen atoms in total. The molecule has 1 atom stereocenters. The van der Waals surface area contributed by atoms with E-state index in [0.29, 0.717) is 12.0 Å². The lowest BCUT2D eigenvalue weighted by Gasteiger charge is -2.16. The van der Waals surface area contributed by atoms with E-state index < -0.39 is 21.9 Å². The van der Waals surface area contributed by atoms with E-state index >= 15 is 0 Å². The smallest absolute Gasteiger partial charge is 0.243 e. The van der Waals surface area contributed by atoms with Crippen LogP contribution in [0.4, 0.5) is 4.39 Å². The third-order valence-corrected chi connectivity index (χ3v) is 4.62. The topological polar surface area (TPSA) is 57.6 Å². The second-order valence-electron chi connectivity index (χ2n) is 4.27. The minimum absolute atomic E-state index is 0.0518. The highest BCUT2D eigenvalue weighted by molar-refractivity contribution is 7.89. The number of hydrogen-bond donors (Lipinski definition) is 1. The lowest BCUT2D eigenvalue weighted by Crippen LogP contribution is -2.29. The second-order valence-corrected chi connectivity index (χ2v) is 6.21. The zero-order chi connectivity index (χ0) is 12.6. The summed E-state index contributed by atoms with van der Waals surface area (Å²) in [6, 6.07) is 3.72. The summed E-state index contributed by atoms with van der Waals surface area (Å²) in [5, 5.41) is 9.34. The predicted octanol–water partition coefficient (Wildman–Crippen LogP) is 0.889. The van der Waals surface area contributed by atoms with Crippen LogP contribution in [0.2, 0.25) is 0 Å². The molecule has 94 valence electrons. The molecule has 0 unspecified atom stereocenters. The van der Waals surface area contributed by atoms with Gasteiger partial charge in [0.2, 0.25) is 10.0 Å². The first-order valence-electron chi connectivity index (χ1n) is 5.35. The SMILES string of the molecule is Cc1cc(F)cc(S(=O)(=O)N2CC[C@H](O)C2)c1. The van der Waals surface area contributed by atoms with Crippen molar-refractivity contribution in [3.8, 4) is 0 Å². The van der Waals surface area contributed by atoms with Gasteiger partial charge in [-0.3, -0.25) is 0 Å². The van der Waals surface area contributed by atoms with E-state index in [4.69, 9.17) is 0 Å². The number of sulfonamides is 1. The van der Waals surface area contributed by atoms with E-state index in [0.717, 1.165) is 6.07 Å². The number of aliphatic hydroxyl groups is 1. The first-order chi connectivity index (χ1) is 7.89. The van der Waals surface area contributed by atoms with Crippen molar-refractivity contribution in [2.75, 3.05) is 13.1 Å². The molecule has 2 rings (SSSR count). The summed E-state index contributed by atoms with van der Waals surface area (Å²) in [5.41, 5.74) is 0.559. The number of rotatable bonds is 2. The highest BCUT2D eigenvalue weighted by Crippen LogP contribution is 2.22. The third kappa shape index (κ3) is 2.48. The number of nitrogens with zero attached hydrogens (tertiary/aromatic N) is 1. The van der Waals surface area contributed by atoms with Gasteiger partial charge < -0.3 is 5.11 Å². The summed E-state index contributed by atoms with van der Waals surface area (Å²) in [6.07, 6.45) is -0.201. The molecule has 1 heterocycles. The van der Waals surface area contributed by atoms with Crippen LogP contribution >= 0.6 is 0 Å². The first kappa shape index (κ1) is 12.5. The molecule has 6 heteroatoms. The van der Waals surface area contributed by atoms with Crippen molar-refractivity contribution >= 4 is 10.0 Å². The maximum Gasteiger partial charge on any atom is 0.243 e. The van der Waals surface area contributed by atoms with Crippen LogP contribution in [-0.2, 0) is 10.0 Å². The Bertz CT molecular complexity index is 509. The summed E-state index contributed by atoms with van der Waals surface area (Å²) in [5.74, 6) is -0.566. The Morgan fingerprint density at radius 1 is 1.41 bits per heavy atom. The number of aryl methyl sites for hydroxylation is 1. The van der Waals surface area contributed by atoms with Crippen LogP contribution < -0.4 is 0 Å². The van der Waals surface area contributed by atoms with E-state index in [2.05, 4.69) is 0 Å². The fourth-order valence-electron chi connectivity index (χ4n) is 1.93. The van der Waals surface area contributed by atoms with Gasteiger partial charge >= 0.3 is 0 Å². The monoisotopic (exact) mass is 259 g/mol. The molecule has 0 aliphatic carbocycles. The zero-order valence-corrected chi connectivity index (χ0v) is 10.2. The molecule has 0 bridgehead atoms. The molecule has 1 aliphatic rings. The Hall–Kier alpha value is -0.980. The Kier molecular flexibility index (Phi) is 3.20. The van der Waals surface area contributed by atoms with Gasteiger partial charge in [-0.25, -0.2) is 12.8 Å². The quantitative estimate of drug-likeness (QED) is 0.858. The fourth-order valence-corrected chi connectivity index (χ4v) is 3.54. The molecule has 1 aromatic carbocycles. The zero-order valence-electron chi connectivity index (χ0n) is 9.43. The molecular formula is C11H14FNO3S. The Balaban J connectivity index is 2.38. The van der Waals surface area contributed by atoms with Crippen LogP contribution in [0.15, 0.2) is 23.1 Å². The van der Waals surface area contributed by atoms with Crippen LogP contribution in [0, 0.1) is 12.7 Å². The van der Waals surface area contributed by atoms with Gasteiger partial charge in [-0.1, -0.05) is 0 Å². The highest BCUT2D eigenvalue weighted by Gasteiger charge is 2.31. The number of halogens is 1. The first-order valence-corrected chi connectivity index (χ1v) is 6.79. The molecule has 1 aromatic rings. The number of benzene rings is 1. The van der Waals surface area contributed by atoms with Gasteiger partial charge in [-0.15, -0.1) is 0 Å². The fraction of sp³-hybridized carbons (Fsp3) is 0.455. The number of hydrogen-bond acceptors (Lipinski definition) is 3. The maximum atomic E-state index is 13.2. The third-order valence-electron chi connectivity index (χ3n) is 2.78. The van der Waals surface area contributed by atoms with Crippen molar-refractivity contribution in [3.05, 3.63) is 29.6 Å². The molecule has 1 aliphatic heterocycles. The summed E-state index contributed by atoms with van der Waals surface area (Å²) < 4.78 is 38.6. The van der Waals surface area contributed by atoms with E-state index in [1.54, 1.807) is 6.92 Å². The lowest BCUT2D eigenvalue weighted by atomic mass is 10.2. The van der Waals surface area contributed by atoms with Gasteiger partial charge in [0, 0.05) is 13.1 Å². The van der Waals surface area contributed by atoms with Gasteiger partial charge in [0.1, 0.15) is 5.82 Å². The van der Waals surface area contributed by atoms with E-state index in [1.165, 1.54) is 16.4 Å². The molecule has 0 spiro atoms. The van der Waals surface area contributed by atoms with Gasteiger partial charge in [-0.2, -0.15) is 4.31 Å². The van der Waals surface area contributed by atoms with Crippen molar-refractivity contribution in [3.63, 3.8) is 0 Å². The molecular weight excluding hydrogens is 245 g/mol. The predicted molar refractivity (Wildman–Crippen MR) is 60.5 cm³/mol. The van der Waals surface area contributed by atoms with Gasteiger partial charge in [0.05, 0.1) is 11.0 Å². The lowest BCUT2D eigenvalue weighted by molar-refractivity contribution is 0.189. The van der Waals surface area contributed by atoms with Gasteiger partial charge in [0.25, 0.3) is 0 Å². The summed E-state index contributed by atoms with van der Waals surface area (Å²) in [7, 11) is -3.68. The van der Waals surface area contributed by atoms with Crippen LogP contribution in [0.25, 0.3) is 0 Å². The normalized spacial score (nSPS) is 21.9. The van der Waals surface area contributed by atoms with Crippen molar-refractivity contribution < 1.29 is 17.9 Å². The minimum Gasteiger partial charge on any atom is -0.392 e. The minimum atomic E-state index is -3.68. The maximum absolute atomic E-state index is 13.2. The van der Waals surface area contributed by atoms with Crippen molar-refractivity contribution in [1.82, 2.24) is 4.31 Å². The average molecular weight is 259 g/mol. The molecule has 0 saturated carbocycles. The molecule has 1 N–H and O–H groups in total. The summed E-state index contributed by atoms with van der Waals surface area (Å²) in [6.45, 7) is 2.00. The van der Waals surface area contributed by atoms with Crippen LogP contribution in [-0.4, -0.2) is 37.0 Å². The van der Waals surface area contributed by atoms with E-state index in [1.807, 2.05) is 0 Å². The molecule has 0 radical (unpaired) electrons. The largest absolute Gasteiger partial charge is 0.392 e. The standard InChI is InChI=1S/C11H14FNO3S/c1-8-4-9(12)6-11(5-8)17(15,16)13-3-2-10(14)7-13/h4-6,10,14H,2-3,7H2,1H3/t10-/m0/s1. The molecule has 17 heavy (non-hydrogen) atoms. The van der Waals surface area contributed by atoms with Gasteiger partial charge in [0.15, 0.2) is 0 Å². The molecule has 1 fully saturated rings. The summed E-state index contributed by atoms with van der Waals surface area (Å²) in [4.78, 5) is -0.0518. The number of β-amino-alcohol motifs (C(OH)–C–C–N with tert-alkyl or cyclic N) is 1. The van der Waals surface area contributed by atoms with Crippen LogP contribution in [0.5, 0.6) is 0 Å².